The third-order valence-electron chi connectivity index (χ3n) is 3.08. The van der Waals surface area contributed by atoms with Crippen LogP contribution >= 0.6 is 11.3 Å². The van der Waals surface area contributed by atoms with Crippen LogP contribution in [-0.2, 0) is 9.53 Å². The number of aromatic nitrogens is 1. The number of thiazole rings is 1. The number of anilines is 2. The first-order valence-corrected chi connectivity index (χ1v) is 8.26. The van der Waals surface area contributed by atoms with Crippen molar-refractivity contribution in [2.45, 2.75) is 20.0 Å². The maximum Gasteiger partial charge on any atom is 0.358 e. The second kappa shape index (κ2) is 8.26. The van der Waals surface area contributed by atoms with Crippen LogP contribution < -0.4 is 10.6 Å². The molecule has 2 N–H and O–H groups in total. The van der Waals surface area contributed by atoms with Gasteiger partial charge in [0.05, 0.1) is 0 Å². The van der Waals surface area contributed by atoms with E-state index in [0.29, 0.717) is 17.4 Å². The number of nitrogens with one attached hydrogen (secondary N) is 2. The highest BCUT2D eigenvalue weighted by atomic mass is 32.1. The van der Waals surface area contributed by atoms with Crippen LogP contribution in [0.4, 0.5) is 10.8 Å². The van der Waals surface area contributed by atoms with Gasteiger partial charge in [0.25, 0.3) is 5.91 Å². The molecule has 2 rings (SSSR count). The van der Waals surface area contributed by atoms with Gasteiger partial charge in [-0.3, -0.25) is 4.79 Å². The predicted octanol–water partition coefficient (Wildman–Crippen LogP) is 3.23. The van der Waals surface area contributed by atoms with Gasteiger partial charge in [-0.25, -0.2) is 9.78 Å². The lowest BCUT2D eigenvalue weighted by molar-refractivity contribution is -0.123. The number of amides is 1. The number of nitrogens with zero attached hydrogens (tertiary/aromatic N) is 1. The second-order valence-electron chi connectivity index (χ2n) is 5.11. The highest BCUT2D eigenvalue weighted by molar-refractivity contribution is 7.13. The number of benzene rings is 1. The molecule has 0 aliphatic heterocycles. The van der Waals surface area contributed by atoms with Gasteiger partial charge in [-0.1, -0.05) is 23.8 Å². The Morgan fingerprint density at radius 2 is 2.08 bits per heavy atom. The van der Waals surface area contributed by atoms with E-state index in [9.17, 15) is 9.59 Å². The van der Waals surface area contributed by atoms with Crippen molar-refractivity contribution in [3.05, 3.63) is 53.6 Å². The van der Waals surface area contributed by atoms with Crippen molar-refractivity contribution in [3.63, 3.8) is 0 Å². The molecule has 1 heterocycles. The molecule has 0 aliphatic rings. The lowest BCUT2D eigenvalue weighted by Gasteiger charge is -2.12. The van der Waals surface area contributed by atoms with Gasteiger partial charge >= 0.3 is 5.97 Å². The Balaban J connectivity index is 1.90. The quantitative estimate of drug-likeness (QED) is 0.595. The summed E-state index contributed by atoms with van der Waals surface area (Å²) in [6.07, 6.45) is 0.766. The fourth-order valence-corrected chi connectivity index (χ4v) is 2.45. The number of hydrogen-bond acceptors (Lipinski definition) is 6. The summed E-state index contributed by atoms with van der Waals surface area (Å²) < 4.78 is 5.16. The summed E-state index contributed by atoms with van der Waals surface area (Å²) in [6.45, 7) is 7.63. The van der Waals surface area contributed by atoms with Crippen LogP contribution in [0.15, 0.2) is 42.3 Å². The van der Waals surface area contributed by atoms with Crippen LogP contribution in [-0.4, -0.2) is 29.5 Å². The molecule has 24 heavy (non-hydrogen) atoms. The zero-order valence-electron chi connectivity index (χ0n) is 13.5. The Morgan fingerprint density at radius 1 is 1.38 bits per heavy atom. The summed E-state index contributed by atoms with van der Waals surface area (Å²) in [7, 11) is 0. The van der Waals surface area contributed by atoms with E-state index >= 15 is 0 Å². The van der Waals surface area contributed by atoms with Gasteiger partial charge in [0, 0.05) is 17.6 Å². The van der Waals surface area contributed by atoms with E-state index in [4.69, 9.17) is 4.74 Å². The van der Waals surface area contributed by atoms with Crippen LogP contribution in [0.3, 0.4) is 0 Å². The van der Waals surface area contributed by atoms with Crippen LogP contribution in [0.5, 0.6) is 0 Å². The molecule has 2 aromatic rings. The third kappa shape index (κ3) is 4.92. The molecule has 1 unspecified atom stereocenters. The molecular formula is C17H19N3O3S. The van der Waals surface area contributed by atoms with E-state index in [-0.39, 0.29) is 5.69 Å². The van der Waals surface area contributed by atoms with E-state index in [2.05, 4.69) is 22.2 Å². The average Bonchev–Trinajstić information content (AvgIpc) is 3.04. The minimum absolute atomic E-state index is 0.168. The van der Waals surface area contributed by atoms with Crippen molar-refractivity contribution in [1.29, 1.82) is 0 Å². The van der Waals surface area contributed by atoms with E-state index in [1.165, 1.54) is 18.3 Å². The molecule has 7 heteroatoms. The Labute approximate surface area is 144 Å². The van der Waals surface area contributed by atoms with Gasteiger partial charge in [0.2, 0.25) is 0 Å². The fourth-order valence-electron chi connectivity index (χ4n) is 1.76. The van der Waals surface area contributed by atoms with Crippen molar-refractivity contribution < 1.29 is 14.3 Å². The smallest absolute Gasteiger partial charge is 0.358 e. The Morgan fingerprint density at radius 3 is 2.75 bits per heavy atom. The first-order chi connectivity index (χ1) is 11.5. The predicted molar refractivity (Wildman–Crippen MR) is 95.5 cm³/mol. The maximum atomic E-state index is 12.1. The zero-order valence-corrected chi connectivity index (χ0v) is 14.4. The molecule has 0 radical (unpaired) electrons. The molecule has 1 atom stereocenters. The lowest BCUT2D eigenvalue weighted by atomic mass is 10.2. The monoisotopic (exact) mass is 345 g/mol. The largest absolute Gasteiger partial charge is 0.448 e. The molecule has 0 fully saturated rings. The van der Waals surface area contributed by atoms with Gasteiger partial charge in [-0.05, 0) is 26.0 Å². The van der Waals surface area contributed by atoms with Crippen LogP contribution in [0, 0.1) is 6.92 Å². The van der Waals surface area contributed by atoms with Crippen LogP contribution in [0.25, 0.3) is 0 Å². The summed E-state index contributed by atoms with van der Waals surface area (Å²) >= 11 is 1.29. The SMILES string of the molecule is C=CCNc1nc(C(=O)OC(C)C(=O)Nc2ccc(C)cc2)cs1. The molecule has 0 saturated carbocycles. The molecule has 0 aliphatic carbocycles. The number of aryl methyl sites for hydroxylation is 1. The van der Waals surface area contributed by atoms with Crippen molar-refractivity contribution in [2.75, 3.05) is 17.2 Å². The molecular weight excluding hydrogens is 326 g/mol. The Hall–Kier alpha value is -2.67. The molecule has 0 bridgehead atoms. The topological polar surface area (TPSA) is 80.3 Å². The zero-order chi connectivity index (χ0) is 17.5. The number of hydrogen-bond donors (Lipinski definition) is 2. The molecule has 1 amide bonds. The average molecular weight is 345 g/mol. The Kier molecular flexibility index (Phi) is 6.08. The summed E-state index contributed by atoms with van der Waals surface area (Å²) in [6, 6.07) is 7.36. The van der Waals surface area contributed by atoms with E-state index in [1.54, 1.807) is 23.6 Å². The minimum Gasteiger partial charge on any atom is -0.448 e. The number of esters is 1. The number of carbonyl (C=O) groups is 2. The van der Waals surface area contributed by atoms with E-state index < -0.39 is 18.0 Å². The lowest BCUT2D eigenvalue weighted by Crippen LogP contribution is -2.30. The minimum atomic E-state index is -0.926. The number of carbonyl (C=O) groups excluding carboxylic acids is 2. The van der Waals surface area contributed by atoms with Crippen molar-refractivity contribution in [1.82, 2.24) is 4.98 Å². The normalized spacial score (nSPS) is 11.4. The second-order valence-corrected chi connectivity index (χ2v) is 5.97. The molecule has 0 spiro atoms. The van der Waals surface area contributed by atoms with Crippen molar-refractivity contribution >= 4 is 34.0 Å². The highest BCUT2D eigenvalue weighted by Crippen LogP contribution is 2.16. The van der Waals surface area contributed by atoms with Gasteiger partial charge in [0.1, 0.15) is 0 Å². The molecule has 1 aromatic heterocycles. The summed E-state index contributed by atoms with van der Waals surface area (Å²) in [5.41, 5.74) is 1.91. The highest BCUT2D eigenvalue weighted by Gasteiger charge is 2.20. The fraction of sp³-hybridized carbons (Fsp3) is 0.235. The van der Waals surface area contributed by atoms with Gasteiger partial charge in [0.15, 0.2) is 16.9 Å². The first-order valence-electron chi connectivity index (χ1n) is 7.38. The van der Waals surface area contributed by atoms with Gasteiger partial charge in [-0.15, -0.1) is 17.9 Å². The molecule has 126 valence electrons. The van der Waals surface area contributed by atoms with Gasteiger partial charge < -0.3 is 15.4 Å². The van der Waals surface area contributed by atoms with Crippen molar-refractivity contribution in [3.8, 4) is 0 Å². The molecule has 6 nitrogen and oxygen atoms in total. The van der Waals surface area contributed by atoms with Crippen molar-refractivity contribution in [2.24, 2.45) is 0 Å². The summed E-state index contributed by atoms with van der Waals surface area (Å²) in [5.74, 6) is -1.03. The number of rotatable bonds is 7. The standard InChI is InChI=1S/C17H19N3O3S/c1-4-9-18-17-20-14(10-24-17)16(22)23-12(3)15(21)19-13-7-5-11(2)6-8-13/h4-8,10,12H,1,9H2,2-3H3,(H,18,20)(H,19,21). The van der Waals surface area contributed by atoms with Crippen LogP contribution in [0.1, 0.15) is 23.0 Å². The Bertz CT molecular complexity index is 725. The summed E-state index contributed by atoms with van der Waals surface area (Å²) in [4.78, 5) is 28.2. The van der Waals surface area contributed by atoms with E-state index in [1.807, 2.05) is 19.1 Å². The first kappa shape index (κ1) is 17.7. The molecule has 1 aromatic carbocycles. The number of ether oxygens (including phenoxy) is 1. The molecule has 0 saturated heterocycles. The van der Waals surface area contributed by atoms with E-state index in [0.717, 1.165) is 5.56 Å². The maximum absolute atomic E-state index is 12.1. The van der Waals surface area contributed by atoms with Gasteiger partial charge in [-0.2, -0.15) is 0 Å². The summed E-state index contributed by atoms with van der Waals surface area (Å²) in [5, 5.41) is 7.86. The third-order valence-corrected chi connectivity index (χ3v) is 3.88. The van der Waals surface area contributed by atoms with Crippen LogP contribution in [0.2, 0.25) is 0 Å².